The second kappa shape index (κ2) is 5.53. The first kappa shape index (κ1) is 14.2. The fraction of sp³-hybridized carbons (Fsp3) is 0.562. The molecule has 20 heavy (non-hydrogen) atoms. The van der Waals surface area contributed by atoms with E-state index in [0.29, 0.717) is 15.4 Å². The molecule has 0 radical (unpaired) electrons. The van der Waals surface area contributed by atoms with Crippen LogP contribution in [0.1, 0.15) is 44.1 Å². The zero-order valence-electron chi connectivity index (χ0n) is 11.7. The highest BCUT2D eigenvalue weighted by atomic mass is 35.5. The second-order valence-corrected chi connectivity index (χ2v) is 7.07. The molecule has 1 aliphatic heterocycles. The van der Waals surface area contributed by atoms with Crippen molar-refractivity contribution in [1.29, 1.82) is 0 Å². The molecule has 1 spiro atoms. The van der Waals surface area contributed by atoms with Crippen molar-refractivity contribution in [3.8, 4) is 0 Å². The van der Waals surface area contributed by atoms with Gasteiger partial charge in [-0.3, -0.25) is 0 Å². The highest BCUT2D eigenvalue weighted by molar-refractivity contribution is 7.80. The first-order valence-corrected chi connectivity index (χ1v) is 8.23. The van der Waals surface area contributed by atoms with Gasteiger partial charge in [-0.1, -0.05) is 36.7 Å². The summed E-state index contributed by atoms with van der Waals surface area (Å²) in [5.41, 5.74) is 8.28. The van der Waals surface area contributed by atoms with Crippen molar-refractivity contribution in [2.75, 3.05) is 18.0 Å². The van der Waals surface area contributed by atoms with Gasteiger partial charge in [0, 0.05) is 24.3 Å². The molecule has 2 nitrogen and oxygen atoms in total. The van der Waals surface area contributed by atoms with Crippen molar-refractivity contribution in [2.45, 2.75) is 38.5 Å². The van der Waals surface area contributed by atoms with Crippen LogP contribution in [-0.2, 0) is 0 Å². The van der Waals surface area contributed by atoms with Gasteiger partial charge in [0.25, 0.3) is 0 Å². The number of anilines is 1. The SMILES string of the molecule is NC(=S)c1ccc(N2CCC3(CCCC3)CC2)cc1Cl. The van der Waals surface area contributed by atoms with E-state index in [1.807, 2.05) is 12.1 Å². The van der Waals surface area contributed by atoms with Crippen LogP contribution < -0.4 is 10.6 Å². The quantitative estimate of drug-likeness (QED) is 0.833. The molecule has 1 saturated carbocycles. The lowest BCUT2D eigenvalue weighted by Gasteiger charge is -2.40. The zero-order valence-corrected chi connectivity index (χ0v) is 13.3. The molecule has 0 unspecified atom stereocenters. The Morgan fingerprint density at radius 3 is 2.35 bits per heavy atom. The van der Waals surface area contributed by atoms with E-state index in [1.54, 1.807) is 0 Å². The number of rotatable bonds is 2. The van der Waals surface area contributed by atoms with E-state index in [4.69, 9.17) is 29.6 Å². The largest absolute Gasteiger partial charge is 0.389 e. The number of hydrogen-bond donors (Lipinski definition) is 1. The Morgan fingerprint density at radius 2 is 1.80 bits per heavy atom. The number of nitrogens with zero attached hydrogens (tertiary/aromatic N) is 1. The summed E-state index contributed by atoms with van der Waals surface area (Å²) in [6.07, 6.45) is 8.36. The highest BCUT2D eigenvalue weighted by Gasteiger charge is 2.36. The van der Waals surface area contributed by atoms with E-state index in [-0.39, 0.29) is 0 Å². The van der Waals surface area contributed by atoms with Crippen LogP contribution in [0.2, 0.25) is 5.02 Å². The standard InChI is InChI=1S/C16H21ClN2S/c17-14-11-12(3-4-13(14)15(18)20)19-9-7-16(8-10-19)5-1-2-6-16/h3-4,11H,1-2,5-10H2,(H2,18,20). The van der Waals surface area contributed by atoms with Crippen molar-refractivity contribution in [3.05, 3.63) is 28.8 Å². The van der Waals surface area contributed by atoms with Gasteiger partial charge in [-0.25, -0.2) is 0 Å². The van der Waals surface area contributed by atoms with Gasteiger partial charge in [-0.2, -0.15) is 0 Å². The van der Waals surface area contributed by atoms with E-state index < -0.39 is 0 Å². The number of piperidine rings is 1. The predicted molar refractivity (Wildman–Crippen MR) is 89.7 cm³/mol. The lowest BCUT2D eigenvalue weighted by Crippen LogP contribution is -2.38. The summed E-state index contributed by atoms with van der Waals surface area (Å²) in [5.74, 6) is 0. The van der Waals surface area contributed by atoms with Crippen molar-refractivity contribution in [3.63, 3.8) is 0 Å². The minimum absolute atomic E-state index is 0.366. The Morgan fingerprint density at radius 1 is 1.15 bits per heavy atom. The van der Waals surface area contributed by atoms with Crippen LogP contribution in [0.3, 0.4) is 0 Å². The van der Waals surface area contributed by atoms with Crippen molar-refractivity contribution in [2.24, 2.45) is 11.1 Å². The Kier molecular flexibility index (Phi) is 3.91. The minimum atomic E-state index is 0.366. The van der Waals surface area contributed by atoms with Gasteiger partial charge < -0.3 is 10.6 Å². The first-order chi connectivity index (χ1) is 9.60. The van der Waals surface area contributed by atoms with E-state index in [2.05, 4.69) is 11.0 Å². The van der Waals surface area contributed by atoms with Crippen molar-refractivity contribution < 1.29 is 0 Å². The predicted octanol–water partition coefficient (Wildman–Crippen LogP) is 4.13. The van der Waals surface area contributed by atoms with E-state index in [9.17, 15) is 0 Å². The smallest absolute Gasteiger partial charge is 0.105 e. The molecule has 3 rings (SSSR count). The lowest BCUT2D eigenvalue weighted by atomic mass is 9.77. The van der Waals surface area contributed by atoms with Crippen LogP contribution in [0.25, 0.3) is 0 Å². The van der Waals surface area contributed by atoms with Gasteiger partial charge in [-0.05, 0) is 49.3 Å². The molecular weight excluding hydrogens is 288 g/mol. The van der Waals surface area contributed by atoms with Gasteiger partial charge in [0.15, 0.2) is 0 Å². The van der Waals surface area contributed by atoms with Crippen molar-refractivity contribution in [1.82, 2.24) is 0 Å². The maximum absolute atomic E-state index is 6.27. The van der Waals surface area contributed by atoms with Crippen molar-refractivity contribution >= 4 is 34.5 Å². The second-order valence-electron chi connectivity index (χ2n) is 6.22. The molecule has 2 aliphatic rings. The van der Waals surface area contributed by atoms with Crippen LogP contribution in [0.15, 0.2) is 18.2 Å². The topological polar surface area (TPSA) is 29.3 Å². The molecule has 108 valence electrons. The third kappa shape index (κ3) is 2.66. The highest BCUT2D eigenvalue weighted by Crippen LogP contribution is 2.46. The molecular formula is C16H21ClN2S. The summed E-state index contributed by atoms with van der Waals surface area (Å²) < 4.78 is 0. The maximum Gasteiger partial charge on any atom is 0.105 e. The van der Waals surface area contributed by atoms with Crippen LogP contribution in [0.4, 0.5) is 5.69 Å². The number of halogens is 1. The van der Waals surface area contributed by atoms with Crippen LogP contribution >= 0.6 is 23.8 Å². The Balaban J connectivity index is 1.72. The molecule has 2 N–H and O–H groups in total. The Hall–Kier alpha value is -0.800. The maximum atomic E-state index is 6.27. The minimum Gasteiger partial charge on any atom is -0.389 e. The summed E-state index contributed by atoms with van der Waals surface area (Å²) >= 11 is 11.3. The van der Waals surface area contributed by atoms with Crippen LogP contribution in [0.5, 0.6) is 0 Å². The molecule has 0 aromatic heterocycles. The number of hydrogen-bond acceptors (Lipinski definition) is 2. The molecule has 1 aromatic rings. The Labute approximate surface area is 131 Å². The average molecular weight is 309 g/mol. The van der Waals surface area contributed by atoms with Gasteiger partial charge in [0.2, 0.25) is 0 Å². The summed E-state index contributed by atoms with van der Waals surface area (Å²) in [5, 5.41) is 0.663. The zero-order chi connectivity index (χ0) is 14.2. The molecule has 0 amide bonds. The third-order valence-corrected chi connectivity index (χ3v) is 5.60. The number of benzene rings is 1. The van der Waals surface area contributed by atoms with Gasteiger partial charge in [0.1, 0.15) is 4.99 Å². The molecule has 0 bridgehead atoms. The fourth-order valence-electron chi connectivity index (χ4n) is 3.76. The first-order valence-electron chi connectivity index (χ1n) is 7.44. The molecule has 1 aliphatic carbocycles. The summed E-state index contributed by atoms with van der Waals surface area (Å²) in [4.78, 5) is 2.81. The molecule has 1 heterocycles. The summed E-state index contributed by atoms with van der Waals surface area (Å²) in [7, 11) is 0. The van der Waals surface area contributed by atoms with E-state index in [0.717, 1.165) is 18.7 Å². The Bertz CT molecular complexity index is 513. The normalized spacial score (nSPS) is 21.4. The molecule has 4 heteroatoms. The van der Waals surface area contributed by atoms with E-state index in [1.165, 1.54) is 44.2 Å². The van der Waals surface area contributed by atoms with Gasteiger partial charge in [0.05, 0.1) is 5.02 Å². The molecule has 1 saturated heterocycles. The monoisotopic (exact) mass is 308 g/mol. The lowest BCUT2D eigenvalue weighted by molar-refractivity contribution is 0.226. The van der Waals surface area contributed by atoms with Gasteiger partial charge >= 0.3 is 0 Å². The van der Waals surface area contributed by atoms with Crippen LogP contribution in [-0.4, -0.2) is 18.1 Å². The summed E-state index contributed by atoms with van der Waals surface area (Å²) in [6.45, 7) is 2.28. The van der Waals surface area contributed by atoms with Crippen LogP contribution in [0, 0.1) is 5.41 Å². The molecule has 2 fully saturated rings. The summed E-state index contributed by atoms with van der Waals surface area (Å²) in [6, 6.07) is 6.04. The van der Waals surface area contributed by atoms with E-state index >= 15 is 0 Å². The molecule has 0 atom stereocenters. The fourth-order valence-corrected chi connectivity index (χ4v) is 4.28. The number of nitrogens with two attached hydrogens (primary N) is 1. The van der Waals surface area contributed by atoms with Gasteiger partial charge in [-0.15, -0.1) is 0 Å². The third-order valence-electron chi connectivity index (χ3n) is 5.07. The average Bonchev–Trinajstić information content (AvgIpc) is 2.87. The number of thiocarbonyl (C=S) groups is 1. The molecule has 1 aromatic carbocycles.